The van der Waals surface area contributed by atoms with Gasteiger partial charge in [0, 0.05) is 0 Å². The number of rotatable bonds is 6. The van der Waals surface area contributed by atoms with E-state index >= 15 is 0 Å². The Morgan fingerprint density at radius 2 is 2.00 bits per heavy atom. The van der Waals surface area contributed by atoms with E-state index in [0.29, 0.717) is 5.92 Å². The summed E-state index contributed by atoms with van der Waals surface area (Å²) in [6.45, 7) is 4.51. The van der Waals surface area contributed by atoms with Crippen LogP contribution < -0.4 is 4.74 Å². The van der Waals surface area contributed by atoms with Gasteiger partial charge in [-0.1, -0.05) is 26.0 Å². The van der Waals surface area contributed by atoms with E-state index in [4.69, 9.17) is 10.00 Å². The number of aliphatic hydroxyl groups is 1. The van der Waals surface area contributed by atoms with Gasteiger partial charge >= 0.3 is 0 Å². The quantitative estimate of drug-likeness (QED) is 0.822. The Morgan fingerprint density at radius 3 is 2.53 bits per heavy atom. The van der Waals surface area contributed by atoms with Crippen molar-refractivity contribution in [3.05, 3.63) is 29.8 Å². The zero-order valence-electron chi connectivity index (χ0n) is 10.4. The first-order chi connectivity index (χ1) is 8.17. The van der Waals surface area contributed by atoms with Gasteiger partial charge in [-0.3, -0.25) is 0 Å². The third kappa shape index (κ3) is 4.46. The van der Waals surface area contributed by atoms with Crippen LogP contribution in [0.25, 0.3) is 0 Å². The Hall–Kier alpha value is -1.53. The van der Waals surface area contributed by atoms with Crippen molar-refractivity contribution in [3.8, 4) is 11.8 Å². The molecule has 1 rings (SSSR count). The van der Waals surface area contributed by atoms with Gasteiger partial charge in [0.05, 0.1) is 12.5 Å². The van der Waals surface area contributed by atoms with E-state index in [1.165, 1.54) is 5.56 Å². The van der Waals surface area contributed by atoms with Gasteiger partial charge in [0.2, 0.25) is 0 Å². The highest BCUT2D eigenvalue weighted by Gasteiger charge is 2.05. The summed E-state index contributed by atoms with van der Waals surface area (Å²) in [4.78, 5) is 0. The molecule has 17 heavy (non-hydrogen) atoms. The number of ether oxygens (including phenoxy) is 1. The van der Waals surface area contributed by atoms with Crippen molar-refractivity contribution in [2.75, 3.05) is 6.61 Å². The van der Waals surface area contributed by atoms with Gasteiger partial charge in [-0.15, -0.1) is 0 Å². The molecule has 1 aromatic rings. The number of hydrogen-bond acceptors (Lipinski definition) is 3. The van der Waals surface area contributed by atoms with Crippen molar-refractivity contribution in [1.82, 2.24) is 0 Å². The number of hydrogen-bond donors (Lipinski definition) is 1. The van der Waals surface area contributed by atoms with Crippen LogP contribution in [0.4, 0.5) is 0 Å². The number of benzene rings is 1. The highest BCUT2D eigenvalue weighted by atomic mass is 16.5. The molecule has 0 heterocycles. The molecule has 0 unspecified atom stereocenters. The molecule has 0 aliphatic carbocycles. The predicted molar refractivity (Wildman–Crippen MR) is 66.9 cm³/mol. The van der Waals surface area contributed by atoms with Gasteiger partial charge in [-0.2, -0.15) is 5.26 Å². The van der Waals surface area contributed by atoms with Crippen LogP contribution in [0.3, 0.4) is 0 Å². The van der Waals surface area contributed by atoms with E-state index in [2.05, 4.69) is 13.8 Å². The van der Waals surface area contributed by atoms with Gasteiger partial charge in [0.25, 0.3) is 0 Å². The molecular formula is C14H19NO2. The lowest BCUT2D eigenvalue weighted by Gasteiger charge is -2.12. The molecule has 0 aliphatic rings. The Labute approximate surface area is 103 Å². The average Bonchev–Trinajstić information content (AvgIpc) is 2.36. The van der Waals surface area contributed by atoms with Crippen molar-refractivity contribution in [3.63, 3.8) is 0 Å². The van der Waals surface area contributed by atoms with Gasteiger partial charge in [-0.05, 0) is 30.0 Å². The SMILES string of the molecule is CC[C@@H](C)c1ccc(OC[C@@H](O)CC#N)cc1. The molecule has 0 saturated heterocycles. The molecule has 1 N–H and O–H groups in total. The Morgan fingerprint density at radius 1 is 1.35 bits per heavy atom. The van der Waals surface area contributed by atoms with E-state index in [0.717, 1.165) is 12.2 Å². The fourth-order valence-electron chi connectivity index (χ4n) is 1.49. The summed E-state index contributed by atoms with van der Waals surface area (Å²) >= 11 is 0. The van der Waals surface area contributed by atoms with E-state index in [1.54, 1.807) is 0 Å². The molecule has 1 aromatic carbocycles. The molecule has 0 bridgehead atoms. The minimum Gasteiger partial charge on any atom is -0.491 e. The monoisotopic (exact) mass is 233 g/mol. The van der Waals surface area contributed by atoms with E-state index < -0.39 is 6.10 Å². The lowest BCUT2D eigenvalue weighted by atomic mass is 9.99. The zero-order chi connectivity index (χ0) is 12.7. The minimum atomic E-state index is -0.714. The van der Waals surface area contributed by atoms with Crippen LogP contribution in [-0.4, -0.2) is 17.8 Å². The second kappa shape index (κ2) is 6.93. The largest absolute Gasteiger partial charge is 0.491 e. The van der Waals surface area contributed by atoms with E-state index in [1.807, 2.05) is 30.3 Å². The maximum absolute atomic E-state index is 9.34. The lowest BCUT2D eigenvalue weighted by Crippen LogP contribution is -2.16. The Balaban J connectivity index is 2.49. The van der Waals surface area contributed by atoms with Crippen molar-refractivity contribution >= 4 is 0 Å². The van der Waals surface area contributed by atoms with Crippen molar-refractivity contribution < 1.29 is 9.84 Å². The van der Waals surface area contributed by atoms with Crippen LogP contribution in [0.15, 0.2) is 24.3 Å². The molecule has 0 amide bonds. The Kier molecular flexibility index (Phi) is 5.51. The first kappa shape index (κ1) is 13.5. The summed E-state index contributed by atoms with van der Waals surface area (Å²) in [6.07, 6.45) is 0.501. The predicted octanol–water partition coefficient (Wildman–Crippen LogP) is 2.85. The normalized spacial score (nSPS) is 13.8. The number of aliphatic hydroxyl groups excluding tert-OH is 1. The van der Waals surface area contributed by atoms with E-state index in [9.17, 15) is 5.11 Å². The third-order valence-corrected chi connectivity index (χ3v) is 2.83. The first-order valence-corrected chi connectivity index (χ1v) is 5.95. The van der Waals surface area contributed by atoms with Crippen LogP contribution in [0.5, 0.6) is 5.75 Å². The first-order valence-electron chi connectivity index (χ1n) is 5.95. The fraction of sp³-hybridized carbons (Fsp3) is 0.500. The molecular weight excluding hydrogens is 214 g/mol. The smallest absolute Gasteiger partial charge is 0.119 e. The van der Waals surface area contributed by atoms with Crippen molar-refractivity contribution in [2.45, 2.75) is 38.7 Å². The zero-order valence-corrected chi connectivity index (χ0v) is 10.4. The average molecular weight is 233 g/mol. The second-order valence-electron chi connectivity index (χ2n) is 4.21. The lowest BCUT2D eigenvalue weighted by molar-refractivity contribution is 0.111. The highest BCUT2D eigenvalue weighted by molar-refractivity contribution is 5.29. The van der Waals surface area contributed by atoms with Crippen LogP contribution in [0.1, 0.15) is 38.2 Å². The van der Waals surface area contributed by atoms with Gasteiger partial charge in [0.1, 0.15) is 18.5 Å². The molecule has 92 valence electrons. The van der Waals surface area contributed by atoms with Crippen molar-refractivity contribution in [2.24, 2.45) is 0 Å². The molecule has 0 fully saturated rings. The molecule has 0 spiro atoms. The summed E-state index contributed by atoms with van der Waals surface area (Å²) in [5, 5.41) is 17.7. The molecule has 0 aliphatic heterocycles. The fourth-order valence-corrected chi connectivity index (χ4v) is 1.49. The van der Waals surface area contributed by atoms with Crippen LogP contribution in [0, 0.1) is 11.3 Å². The summed E-state index contributed by atoms with van der Waals surface area (Å²) in [5.74, 6) is 1.28. The number of nitriles is 1. The summed E-state index contributed by atoms with van der Waals surface area (Å²) in [7, 11) is 0. The summed E-state index contributed by atoms with van der Waals surface area (Å²) in [5.41, 5.74) is 1.29. The minimum absolute atomic E-state index is 0.102. The molecule has 3 heteroatoms. The molecule has 3 nitrogen and oxygen atoms in total. The second-order valence-corrected chi connectivity index (χ2v) is 4.21. The van der Waals surface area contributed by atoms with E-state index in [-0.39, 0.29) is 13.0 Å². The molecule has 0 aromatic heterocycles. The van der Waals surface area contributed by atoms with Crippen molar-refractivity contribution in [1.29, 1.82) is 5.26 Å². The van der Waals surface area contributed by atoms with Gasteiger partial charge in [-0.25, -0.2) is 0 Å². The summed E-state index contributed by atoms with van der Waals surface area (Å²) < 4.78 is 5.39. The maximum Gasteiger partial charge on any atom is 0.119 e. The number of nitrogens with zero attached hydrogens (tertiary/aromatic N) is 1. The maximum atomic E-state index is 9.34. The van der Waals surface area contributed by atoms with Gasteiger partial charge in [0.15, 0.2) is 0 Å². The molecule has 0 saturated carbocycles. The summed E-state index contributed by atoms with van der Waals surface area (Å²) in [6, 6.07) is 9.80. The van der Waals surface area contributed by atoms with Crippen LogP contribution >= 0.6 is 0 Å². The third-order valence-electron chi connectivity index (χ3n) is 2.83. The highest BCUT2D eigenvalue weighted by Crippen LogP contribution is 2.21. The van der Waals surface area contributed by atoms with Crippen LogP contribution in [0.2, 0.25) is 0 Å². The standard InChI is InChI=1S/C14H19NO2/c1-3-11(2)12-4-6-14(7-5-12)17-10-13(16)8-9-15/h4-7,11,13,16H,3,8,10H2,1-2H3/t11-,13+/m1/s1. The molecule has 2 atom stereocenters. The van der Waals surface area contributed by atoms with Gasteiger partial charge < -0.3 is 9.84 Å². The topological polar surface area (TPSA) is 53.2 Å². The van der Waals surface area contributed by atoms with Crippen LogP contribution in [-0.2, 0) is 0 Å². The molecule has 0 radical (unpaired) electrons. The Bertz CT molecular complexity index is 367.